The second-order valence-corrected chi connectivity index (χ2v) is 5.61. The summed E-state index contributed by atoms with van der Waals surface area (Å²) in [5, 5.41) is 15.9. The predicted molar refractivity (Wildman–Crippen MR) is 84.4 cm³/mol. The van der Waals surface area contributed by atoms with Gasteiger partial charge in [0.05, 0.1) is 6.54 Å². The van der Waals surface area contributed by atoms with Crippen LogP contribution < -0.4 is 10.6 Å². The normalized spacial score (nSPS) is 13.5. The van der Waals surface area contributed by atoms with Gasteiger partial charge in [-0.05, 0) is 32.4 Å². The first-order valence-corrected chi connectivity index (χ1v) is 7.24. The van der Waals surface area contributed by atoms with Crippen LogP contribution in [-0.2, 0) is 12.1 Å². The molecule has 0 bridgehead atoms. The summed E-state index contributed by atoms with van der Waals surface area (Å²) >= 11 is 0. The molecule has 0 aliphatic rings. The fraction of sp³-hybridized carbons (Fsp3) is 0.353. The Morgan fingerprint density at radius 2 is 1.91 bits per heavy atom. The molecule has 1 atom stereocenters. The molecule has 22 heavy (non-hydrogen) atoms. The molecule has 2 aromatic rings. The summed E-state index contributed by atoms with van der Waals surface area (Å²) in [6.45, 7) is 5.93. The topological polar surface area (TPSA) is 74.5 Å². The van der Waals surface area contributed by atoms with Crippen molar-refractivity contribution in [1.82, 2.24) is 10.6 Å². The summed E-state index contributed by atoms with van der Waals surface area (Å²) < 4.78 is 5.41. The van der Waals surface area contributed by atoms with E-state index in [0.717, 1.165) is 22.6 Å². The second-order valence-electron chi connectivity index (χ2n) is 5.61. The first-order chi connectivity index (χ1) is 10.4. The molecule has 1 unspecified atom stereocenters. The van der Waals surface area contributed by atoms with Crippen molar-refractivity contribution >= 4 is 6.03 Å². The van der Waals surface area contributed by atoms with Gasteiger partial charge in [0.25, 0.3) is 0 Å². The molecule has 1 aromatic carbocycles. The Kier molecular flexibility index (Phi) is 4.88. The maximum atomic E-state index is 11.8. The molecule has 0 fully saturated rings. The number of carbonyl (C=O) groups is 1. The number of nitrogens with one attached hydrogen (secondary N) is 2. The predicted octanol–water partition coefficient (Wildman–Crippen LogP) is 2.60. The molecule has 2 amide bonds. The summed E-state index contributed by atoms with van der Waals surface area (Å²) in [5.74, 6) is 1.62. The molecule has 118 valence electrons. The number of carbonyl (C=O) groups excluding carboxylic acids is 1. The molecular formula is C17H22N2O3. The van der Waals surface area contributed by atoms with Crippen molar-refractivity contribution in [2.75, 3.05) is 6.54 Å². The Bertz CT molecular complexity index is 633. The summed E-state index contributed by atoms with van der Waals surface area (Å²) in [6, 6.07) is 10.8. The van der Waals surface area contributed by atoms with Crippen LogP contribution in [0.15, 0.2) is 40.8 Å². The van der Waals surface area contributed by atoms with E-state index in [1.165, 1.54) is 0 Å². The average Bonchev–Trinajstić information content (AvgIpc) is 2.82. The zero-order valence-electron chi connectivity index (χ0n) is 13.1. The van der Waals surface area contributed by atoms with Crippen LogP contribution in [-0.4, -0.2) is 17.7 Å². The van der Waals surface area contributed by atoms with Gasteiger partial charge in [-0.25, -0.2) is 4.79 Å². The lowest BCUT2D eigenvalue weighted by Crippen LogP contribution is -2.43. The van der Waals surface area contributed by atoms with Crippen LogP contribution in [0.3, 0.4) is 0 Å². The van der Waals surface area contributed by atoms with Crippen molar-refractivity contribution in [2.45, 2.75) is 32.9 Å². The van der Waals surface area contributed by atoms with Gasteiger partial charge in [0.2, 0.25) is 0 Å². The third kappa shape index (κ3) is 4.11. The van der Waals surface area contributed by atoms with Gasteiger partial charge in [0, 0.05) is 12.1 Å². The number of hydrogen-bond acceptors (Lipinski definition) is 3. The molecule has 1 aromatic heterocycles. The Hall–Kier alpha value is -2.27. The lowest BCUT2D eigenvalue weighted by molar-refractivity contribution is 0.0594. The Morgan fingerprint density at radius 3 is 2.50 bits per heavy atom. The molecule has 0 aliphatic heterocycles. The number of hydrogen-bond donors (Lipinski definition) is 3. The van der Waals surface area contributed by atoms with Crippen LogP contribution in [0, 0.1) is 13.8 Å². The van der Waals surface area contributed by atoms with Crippen LogP contribution in [0.25, 0.3) is 0 Å². The molecule has 0 radical (unpaired) electrons. The van der Waals surface area contributed by atoms with E-state index in [4.69, 9.17) is 4.42 Å². The molecule has 5 heteroatoms. The van der Waals surface area contributed by atoms with Gasteiger partial charge in [-0.2, -0.15) is 0 Å². The first-order valence-electron chi connectivity index (χ1n) is 7.24. The number of urea groups is 1. The second kappa shape index (κ2) is 6.66. The fourth-order valence-electron chi connectivity index (χ4n) is 2.25. The van der Waals surface area contributed by atoms with Crippen LogP contribution in [0.1, 0.15) is 29.6 Å². The maximum Gasteiger partial charge on any atom is 0.315 e. The summed E-state index contributed by atoms with van der Waals surface area (Å²) in [7, 11) is 0. The van der Waals surface area contributed by atoms with Crippen LogP contribution in [0.4, 0.5) is 4.79 Å². The third-order valence-corrected chi connectivity index (χ3v) is 3.57. The van der Waals surface area contributed by atoms with Crippen molar-refractivity contribution in [3.05, 3.63) is 59.0 Å². The monoisotopic (exact) mass is 302 g/mol. The van der Waals surface area contributed by atoms with Crippen molar-refractivity contribution in [1.29, 1.82) is 0 Å². The van der Waals surface area contributed by atoms with E-state index in [1.807, 2.05) is 50.2 Å². The minimum atomic E-state index is -1.11. The third-order valence-electron chi connectivity index (χ3n) is 3.57. The highest BCUT2D eigenvalue weighted by Crippen LogP contribution is 2.18. The molecule has 0 spiro atoms. The molecule has 5 nitrogen and oxygen atoms in total. The Labute approximate surface area is 130 Å². The largest absolute Gasteiger partial charge is 0.466 e. The highest BCUT2D eigenvalue weighted by atomic mass is 16.3. The van der Waals surface area contributed by atoms with E-state index in [9.17, 15) is 9.90 Å². The van der Waals surface area contributed by atoms with Crippen molar-refractivity contribution in [3.8, 4) is 0 Å². The van der Waals surface area contributed by atoms with E-state index in [1.54, 1.807) is 6.92 Å². The standard InChI is InChI=1S/C17H22N2O3/c1-12-9-14(13(2)22-12)10-18-16(20)19-11-17(3,21)15-7-5-4-6-8-15/h4-9,21H,10-11H2,1-3H3,(H2,18,19,20). The molecule has 2 rings (SSSR count). The minimum Gasteiger partial charge on any atom is -0.466 e. The number of rotatable bonds is 5. The smallest absolute Gasteiger partial charge is 0.315 e. The van der Waals surface area contributed by atoms with Gasteiger partial charge in [0.1, 0.15) is 17.1 Å². The van der Waals surface area contributed by atoms with E-state index in [0.29, 0.717) is 6.54 Å². The summed E-state index contributed by atoms with van der Waals surface area (Å²) in [6.07, 6.45) is 0. The highest BCUT2D eigenvalue weighted by Gasteiger charge is 2.23. The van der Waals surface area contributed by atoms with Gasteiger partial charge >= 0.3 is 6.03 Å². The van der Waals surface area contributed by atoms with Gasteiger partial charge in [-0.3, -0.25) is 0 Å². The van der Waals surface area contributed by atoms with Crippen LogP contribution in [0.5, 0.6) is 0 Å². The van der Waals surface area contributed by atoms with Crippen molar-refractivity contribution in [2.24, 2.45) is 0 Å². The molecule has 0 saturated carbocycles. The van der Waals surface area contributed by atoms with Gasteiger partial charge < -0.3 is 20.2 Å². The highest BCUT2D eigenvalue weighted by molar-refractivity contribution is 5.74. The van der Waals surface area contributed by atoms with E-state index < -0.39 is 5.60 Å². The lowest BCUT2D eigenvalue weighted by Gasteiger charge is -2.24. The van der Waals surface area contributed by atoms with Gasteiger partial charge in [-0.1, -0.05) is 30.3 Å². The molecule has 3 N–H and O–H groups in total. The number of aryl methyl sites for hydroxylation is 2. The minimum absolute atomic E-state index is 0.131. The number of amides is 2. The average molecular weight is 302 g/mol. The van der Waals surface area contributed by atoms with E-state index in [-0.39, 0.29) is 12.6 Å². The Balaban J connectivity index is 1.84. The zero-order chi connectivity index (χ0) is 16.2. The lowest BCUT2D eigenvalue weighted by atomic mass is 9.96. The van der Waals surface area contributed by atoms with Crippen molar-refractivity contribution < 1.29 is 14.3 Å². The van der Waals surface area contributed by atoms with E-state index >= 15 is 0 Å². The van der Waals surface area contributed by atoms with Crippen molar-refractivity contribution in [3.63, 3.8) is 0 Å². The molecule has 0 saturated heterocycles. The quantitative estimate of drug-likeness (QED) is 0.795. The van der Waals surface area contributed by atoms with Crippen LogP contribution in [0.2, 0.25) is 0 Å². The molecule has 1 heterocycles. The number of aliphatic hydroxyl groups is 1. The summed E-state index contributed by atoms with van der Waals surface area (Å²) in [5.41, 5.74) is 0.597. The SMILES string of the molecule is Cc1cc(CNC(=O)NCC(C)(O)c2ccccc2)c(C)o1. The number of benzene rings is 1. The zero-order valence-corrected chi connectivity index (χ0v) is 13.1. The first kappa shape index (κ1) is 16.1. The number of furan rings is 1. The van der Waals surface area contributed by atoms with E-state index in [2.05, 4.69) is 10.6 Å². The molecule has 0 aliphatic carbocycles. The maximum absolute atomic E-state index is 11.8. The summed E-state index contributed by atoms with van der Waals surface area (Å²) in [4.78, 5) is 11.8. The Morgan fingerprint density at radius 1 is 1.23 bits per heavy atom. The fourth-order valence-corrected chi connectivity index (χ4v) is 2.25. The van der Waals surface area contributed by atoms with Crippen LogP contribution >= 0.6 is 0 Å². The molecular weight excluding hydrogens is 280 g/mol. The van der Waals surface area contributed by atoms with Gasteiger partial charge in [-0.15, -0.1) is 0 Å². The van der Waals surface area contributed by atoms with Gasteiger partial charge in [0.15, 0.2) is 0 Å².